The number of ketones is 1. The van der Waals surface area contributed by atoms with Gasteiger partial charge in [-0.3, -0.25) is 4.79 Å². The van der Waals surface area contributed by atoms with Crippen molar-refractivity contribution in [3.05, 3.63) is 40.5 Å². The number of carbonyl (C=O) groups excluding carboxylic acids is 1. The zero-order chi connectivity index (χ0) is 18.0. The van der Waals surface area contributed by atoms with Crippen LogP contribution in [0, 0.1) is 0 Å². The molecule has 3 N–H and O–H groups in total. The highest BCUT2D eigenvalue weighted by atomic mass is 19.3. The van der Waals surface area contributed by atoms with Crippen LogP contribution >= 0.6 is 0 Å². The van der Waals surface area contributed by atoms with E-state index in [9.17, 15) is 18.4 Å². The predicted octanol–water partition coefficient (Wildman–Crippen LogP) is 0.803. The van der Waals surface area contributed by atoms with Crippen molar-refractivity contribution < 1.29 is 13.6 Å². The van der Waals surface area contributed by atoms with Crippen LogP contribution in [-0.4, -0.2) is 44.7 Å². The van der Waals surface area contributed by atoms with Crippen LogP contribution < -0.4 is 16.3 Å². The van der Waals surface area contributed by atoms with Crippen molar-refractivity contribution in [3.8, 4) is 0 Å². The molecular formula is C15H16F2N6O2. The number of Topliss-reactive ketones (excluding diaryl/α,β-unsaturated/α-hetero) is 1. The first-order chi connectivity index (χ1) is 11.9. The molecule has 10 heteroatoms. The molecule has 0 unspecified atom stereocenters. The summed E-state index contributed by atoms with van der Waals surface area (Å²) in [5, 5.41) is 0. The molecule has 1 aliphatic heterocycles. The predicted molar refractivity (Wildman–Crippen MR) is 85.7 cm³/mol. The number of nitrogens with two attached hydrogens (primary N) is 1. The van der Waals surface area contributed by atoms with E-state index >= 15 is 0 Å². The molecule has 3 rings (SSSR count). The molecule has 8 nitrogen and oxygen atoms in total. The third-order valence-electron chi connectivity index (χ3n) is 4.03. The van der Waals surface area contributed by atoms with E-state index in [-0.39, 0.29) is 43.9 Å². The Morgan fingerprint density at radius 1 is 1.24 bits per heavy atom. The molecule has 0 saturated carbocycles. The Morgan fingerprint density at radius 3 is 2.60 bits per heavy atom. The van der Waals surface area contributed by atoms with Crippen LogP contribution in [0.3, 0.4) is 0 Å². The van der Waals surface area contributed by atoms with Crippen molar-refractivity contribution in [2.75, 3.05) is 23.7 Å². The van der Waals surface area contributed by atoms with Gasteiger partial charge in [0.25, 0.3) is 5.92 Å². The molecule has 1 fully saturated rings. The third kappa shape index (κ3) is 3.78. The van der Waals surface area contributed by atoms with Gasteiger partial charge in [-0.05, 0) is 0 Å². The maximum Gasteiger partial charge on any atom is 0.345 e. The minimum atomic E-state index is -2.70. The van der Waals surface area contributed by atoms with Gasteiger partial charge in [-0.25, -0.2) is 23.5 Å². The van der Waals surface area contributed by atoms with Crippen LogP contribution in [0.1, 0.15) is 29.0 Å². The van der Waals surface area contributed by atoms with Crippen molar-refractivity contribution in [2.24, 2.45) is 0 Å². The normalized spacial score (nSPS) is 16.6. The standard InChI is InChI=1S/C15H16F2N6O2/c16-15(17)1-5-23(6-2-15)10-8-21-14(25)22-9(10)7-11(24)12-13(18)20-4-3-19-12/h3-4,8H,1-2,5-7H2,(H2,18,20)(H,21,22,25). The molecule has 132 valence electrons. The average molecular weight is 350 g/mol. The number of aromatic amines is 1. The number of halogens is 2. The van der Waals surface area contributed by atoms with Crippen LogP contribution in [0.4, 0.5) is 20.3 Å². The molecule has 2 aromatic rings. The number of nitrogens with zero attached hydrogens (tertiary/aromatic N) is 4. The molecule has 2 aromatic heterocycles. The molecule has 0 aliphatic carbocycles. The second-order valence-corrected chi connectivity index (χ2v) is 5.79. The van der Waals surface area contributed by atoms with Gasteiger partial charge in [0.2, 0.25) is 0 Å². The van der Waals surface area contributed by atoms with Crippen LogP contribution in [0.15, 0.2) is 23.4 Å². The number of hydrogen-bond acceptors (Lipinski definition) is 7. The number of H-pyrrole nitrogens is 1. The molecule has 0 radical (unpaired) electrons. The monoisotopic (exact) mass is 350 g/mol. The zero-order valence-electron chi connectivity index (χ0n) is 13.2. The summed E-state index contributed by atoms with van der Waals surface area (Å²) in [5.74, 6) is -3.14. The van der Waals surface area contributed by atoms with Gasteiger partial charge in [-0.1, -0.05) is 0 Å². The van der Waals surface area contributed by atoms with Crippen LogP contribution in [0.25, 0.3) is 0 Å². The Labute approximate surface area is 141 Å². The number of anilines is 2. The molecule has 3 heterocycles. The summed E-state index contributed by atoms with van der Waals surface area (Å²) >= 11 is 0. The number of alkyl halides is 2. The van der Waals surface area contributed by atoms with Crippen molar-refractivity contribution >= 4 is 17.3 Å². The minimum Gasteiger partial charge on any atom is -0.382 e. The lowest BCUT2D eigenvalue weighted by Crippen LogP contribution is -2.40. The quantitative estimate of drug-likeness (QED) is 0.783. The molecule has 1 aliphatic rings. The Bertz CT molecular complexity index is 844. The maximum absolute atomic E-state index is 13.4. The highest BCUT2D eigenvalue weighted by Gasteiger charge is 2.35. The van der Waals surface area contributed by atoms with E-state index in [1.807, 2.05) is 0 Å². The number of rotatable bonds is 4. The summed E-state index contributed by atoms with van der Waals surface area (Å²) < 4.78 is 26.7. The van der Waals surface area contributed by atoms with E-state index in [1.165, 1.54) is 18.6 Å². The van der Waals surface area contributed by atoms with Gasteiger partial charge in [0.1, 0.15) is 5.69 Å². The summed E-state index contributed by atoms with van der Waals surface area (Å²) in [4.78, 5) is 39.5. The van der Waals surface area contributed by atoms with Crippen LogP contribution in [0.5, 0.6) is 0 Å². The van der Waals surface area contributed by atoms with Gasteiger partial charge >= 0.3 is 5.69 Å². The first-order valence-electron chi connectivity index (χ1n) is 7.66. The zero-order valence-corrected chi connectivity index (χ0v) is 13.2. The first-order valence-corrected chi connectivity index (χ1v) is 7.66. The maximum atomic E-state index is 13.4. The number of aromatic nitrogens is 4. The lowest BCUT2D eigenvalue weighted by atomic mass is 10.0. The molecule has 25 heavy (non-hydrogen) atoms. The lowest BCUT2D eigenvalue weighted by Gasteiger charge is -2.33. The number of hydrogen-bond donors (Lipinski definition) is 2. The van der Waals surface area contributed by atoms with Gasteiger partial charge in [0.15, 0.2) is 11.6 Å². The summed E-state index contributed by atoms with van der Waals surface area (Å²) in [6.07, 6.45) is 3.22. The van der Waals surface area contributed by atoms with Crippen LogP contribution in [-0.2, 0) is 6.42 Å². The van der Waals surface area contributed by atoms with Crippen molar-refractivity contribution in [2.45, 2.75) is 25.2 Å². The van der Waals surface area contributed by atoms with Crippen molar-refractivity contribution in [1.82, 2.24) is 19.9 Å². The molecule has 0 atom stereocenters. The van der Waals surface area contributed by atoms with Gasteiger partial charge in [0, 0.05) is 38.3 Å². The van der Waals surface area contributed by atoms with Gasteiger partial charge < -0.3 is 15.6 Å². The SMILES string of the molecule is Nc1nccnc1C(=O)Cc1[nH]c(=O)ncc1N1CCC(F)(F)CC1. The van der Waals surface area contributed by atoms with E-state index in [0.29, 0.717) is 11.4 Å². The van der Waals surface area contributed by atoms with E-state index in [4.69, 9.17) is 5.73 Å². The third-order valence-corrected chi connectivity index (χ3v) is 4.03. The molecule has 0 amide bonds. The van der Waals surface area contributed by atoms with E-state index in [1.54, 1.807) is 4.90 Å². The molecule has 0 bridgehead atoms. The summed E-state index contributed by atoms with van der Waals surface area (Å²) in [5.41, 5.74) is 5.76. The second-order valence-electron chi connectivity index (χ2n) is 5.79. The Morgan fingerprint density at radius 2 is 1.92 bits per heavy atom. The topological polar surface area (TPSA) is 118 Å². The summed E-state index contributed by atoms with van der Waals surface area (Å²) in [6.45, 7) is 0.213. The molecule has 0 spiro atoms. The molecule has 1 saturated heterocycles. The van der Waals surface area contributed by atoms with Crippen molar-refractivity contribution in [1.29, 1.82) is 0 Å². The van der Waals surface area contributed by atoms with E-state index in [0.717, 1.165) is 0 Å². The summed E-state index contributed by atoms with van der Waals surface area (Å²) in [7, 11) is 0. The Kier molecular flexibility index (Phi) is 4.43. The largest absolute Gasteiger partial charge is 0.382 e. The van der Waals surface area contributed by atoms with Crippen molar-refractivity contribution in [3.63, 3.8) is 0 Å². The summed E-state index contributed by atoms with van der Waals surface area (Å²) in [6, 6.07) is 0. The van der Waals surface area contributed by atoms with Crippen LogP contribution in [0.2, 0.25) is 0 Å². The fraction of sp³-hybridized carbons (Fsp3) is 0.400. The number of nitrogen functional groups attached to an aromatic ring is 1. The van der Waals surface area contributed by atoms with Gasteiger partial charge in [-0.2, -0.15) is 4.98 Å². The Hall–Kier alpha value is -2.91. The highest BCUT2D eigenvalue weighted by molar-refractivity contribution is 5.99. The van der Waals surface area contributed by atoms with Gasteiger partial charge in [0.05, 0.1) is 24.0 Å². The van der Waals surface area contributed by atoms with Gasteiger partial charge in [-0.15, -0.1) is 0 Å². The average Bonchev–Trinajstić information content (AvgIpc) is 2.56. The minimum absolute atomic E-state index is 0.00344. The lowest BCUT2D eigenvalue weighted by molar-refractivity contribution is -0.0221. The number of piperidine rings is 1. The fourth-order valence-corrected chi connectivity index (χ4v) is 2.71. The van der Waals surface area contributed by atoms with E-state index in [2.05, 4.69) is 19.9 Å². The fourth-order valence-electron chi connectivity index (χ4n) is 2.71. The van der Waals surface area contributed by atoms with E-state index < -0.39 is 17.4 Å². The highest BCUT2D eigenvalue weighted by Crippen LogP contribution is 2.31. The smallest absolute Gasteiger partial charge is 0.345 e. The number of carbonyl (C=O) groups is 1. The second kappa shape index (κ2) is 6.54. The first kappa shape index (κ1) is 16.9. The molecule has 0 aromatic carbocycles. The number of nitrogens with one attached hydrogen (secondary N) is 1. The Balaban J connectivity index is 1.86. The molecular weight excluding hydrogens is 334 g/mol.